The summed E-state index contributed by atoms with van der Waals surface area (Å²) >= 11 is 0. The highest BCUT2D eigenvalue weighted by Crippen LogP contribution is 2.30. The molecule has 130 valence electrons. The van der Waals surface area contributed by atoms with Crippen LogP contribution in [0.3, 0.4) is 0 Å². The fourth-order valence-corrected chi connectivity index (χ4v) is 2.76. The van der Waals surface area contributed by atoms with Crippen LogP contribution in [0.5, 0.6) is 0 Å². The summed E-state index contributed by atoms with van der Waals surface area (Å²) in [7, 11) is 0. The predicted molar refractivity (Wildman–Crippen MR) is 98.5 cm³/mol. The first-order chi connectivity index (χ1) is 12.7. The smallest absolute Gasteiger partial charge is 0.341 e. The number of aromatic amines is 3. The van der Waals surface area contributed by atoms with Gasteiger partial charge in [-0.05, 0) is 60.7 Å². The molecule has 0 aliphatic rings. The van der Waals surface area contributed by atoms with Gasteiger partial charge in [0.15, 0.2) is 0 Å². The van der Waals surface area contributed by atoms with Gasteiger partial charge in [-0.1, -0.05) is 0 Å². The zero-order valence-electron chi connectivity index (χ0n) is 13.7. The molecule has 0 saturated heterocycles. The monoisotopic (exact) mass is 349 g/mol. The summed E-state index contributed by atoms with van der Waals surface area (Å²) in [6.45, 7) is 0. The standard InChI is InChI=1S/C19H16FN5O/c20-14-7-9-15(10-8-14)24(16-4-1-11-21-16)19(26)25(17-5-2-12-22-17)18-6-3-13-23-18/h1-13,21-23H. The number of rotatable bonds is 4. The largest absolute Gasteiger partial charge is 0.348 e. The van der Waals surface area contributed by atoms with E-state index >= 15 is 0 Å². The van der Waals surface area contributed by atoms with Crippen molar-refractivity contribution in [2.45, 2.75) is 0 Å². The zero-order chi connectivity index (χ0) is 17.9. The molecule has 0 aliphatic heterocycles. The van der Waals surface area contributed by atoms with Crippen LogP contribution in [0, 0.1) is 5.82 Å². The van der Waals surface area contributed by atoms with Gasteiger partial charge in [-0.3, -0.25) is 0 Å². The van der Waals surface area contributed by atoms with E-state index in [-0.39, 0.29) is 11.8 Å². The number of H-pyrrole nitrogens is 3. The number of hydrogen-bond donors (Lipinski definition) is 3. The zero-order valence-corrected chi connectivity index (χ0v) is 13.7. The fraction of sp³-hybridized carbons (Fsp3) is 0. The van der Waals surface area contributed by atoms with Gasteiger partial charge in [0.2, 0.25) is 0 Å². The summed E-state index contributed by atoms with van der Waals surface area (Å²) in [6, 6.07) is 16.3. The third kappa shape index (κ3) is 2.86. The van der Waals surface area contributed by atoms with Gasteiger partial charge >= 0.3 is 6.03 Å². The van der Waals surface area contributed by atoms with Gasteiger partial charge < -0.3 is 15.0 Å². The van der Waals surface area contributed by atoms with Crippen LogP contribution in [-0.2, 0) is 0 Å². The van der Waals surface area contributed by atoms with Gasteiger partial charge in [0.25, 0.3) is 0 Å². The number of carbonyl (C=O) groups is 1. The number of halogens is 1. The lowest BCUT2D eigenvalue weighted by atomic mass is 10.3. The van der Waals surface area contributed by atoms with Crippen LogP contribution in [0.15, 0.2) is 79.3 Å². The topological polar surface area (TPSA) is 70.9 Å². The van der Waals surface area contributed by atoms with E-state index in [2.05, 4.69) is 15.0 Å². The summed E-state index contributed by atoms with van der Waals surface area (Å²) in [4.78, 5) is 25.7. The van der Waals surface area contributed by atoms with E-state index in [1.54, 1.807) is 55.0 Å². The first-order valence-electron chi connectivity index (χ1n) is 8.04. The summed E-state index contributed by atoms with van der Waals surface area (Å²) in [6.07, 6.45) is 5.22. The van der Waals surface area contributed by atoms with Crippen molar-refractivity contribution in [2.75, 3.05) is 9.80 Å². The second kappa shape index (κ2) is 6.64. The SMILES string of the molecule is O=C(N(c1ccc(F)cc1)c1ccc[nH]1)N(c1ccc[nH]1)c1ccc[nH]1. The molecule has 3 heterocycles. The minimum atomic E-state index is -0.363. The van der Waals surface area contributed by atoms with E-state index in [0.717, 1.165) is 0 Å². The van der Waals surface area contributed by atoms with Crippen LogP contribution < -0.4 is 9.80 Å². The number of nitrogens with one attached hydrogen (secondary N) is 3. The van der Waals surface area contributed by atoms with E-state index in [1.165, 1.54) is 21.9 Å². The second-order valence-corrected chi connectivity index (χ2v) is 5.60. The molecule has 0 spiro atoms. The molecular formula is C19H16FN5O. The third-order valence-corrected chi connectivity index (χ3v) is 3.93. The Labute approximate surface area is 148 Å². The lowest BCUT2D eigenvalue weighted by molar-refractivity contribution is 0.255. The molecule has 6 nitrogen and oxygen atoms in total. The highest BCUT2D eigenvalue weighted by atomic mass is 19.1. The fourth-order valence-electron chi connectivity index (χ4n) is 2.76. The molecule has 26 heavy (non-hydrogen) atoms. The van der Waals surface area contributed by atoms with Crippen LogP contribution in [0.25, 0.3) is 0 Å². The predicted octanol–water partition coefficient (Wildman–Crippen LogP) is 4.91. The van der Waals surface area contributed by atoms with Crippen LogP contribution >= 0.6 is 0 Å². The number of benzene rings is 1. The minimum Gasteiger partial charge on any atom is -0.348 e. The molecule has 3 aromatic heterocycles. The molecule has 0 fully saturated rings. The Morgan fingerprint density at radius 2 is 1.15 bits per heavy atom. The van der Waals surface area contributed by atoms with Crippen LogP contribution in [-0.4, -0.2) is 21.0 Å². The molecule has 1 aromatic carbocycles. The highest BCUT2D eigenvalue weighted by Gasteiger charge is 2.28. The van der Waals surface area contributed by atoms with Crippen molar-refractivity contribution >= 4 is 29.2 Å². The lowest BCUT2D eigenvalue weighted by Crippen LogP contribution is -2.38. The van der Waals surface area contributed by atoms with Crippen LogP contribution in [0.4, 0.5) is 32.3 Å². The molecule has 4 aromatic rings. The van der Waals surface area contributed by atoms with Crippen LogP contribution in [0.2, 0.25) is 0 Å². The van der Waals surface area contributed by atoms with Gasteiger partial charge in [-0.2, -0.15) is 0 Å². The molecule has 4 rings (SSSR count). The van der Waals surface area contributed by atoms with Crippen molar-refractivity contribution in [3.05, 3.63) is 85.1 Å². The molecule has 3 N–H and O–H groups in total. The Hall–Kier alpha value is -3.74. The van der Waals surface area contributed by atoms with Crippen LogP contribution in [0.1, 0.15) is 0 Å². The number of hydrogen-bond acceptors (Lipinski definition) is 1. The molecule has 0 aliphatic carbocycles. The van der Waals surface area contributed by atoms with Gasteiger partial charge in [-0.25, -0.2) is 19.0 Å². The van der Waals surface area contributed by atoms with Crippen molar-refractivity contribution in [3.63, 3.8) is 0 Å². The Kier molecular flexibility index (Phi) is 4.03. The number of urea groups is 1. The maximum atomic E-state index is 13.5. The molecular weight excluding hydrogens is 333 g/mol. The van der Waals surface area contributed by atoms with Gasteiger partial charge in [0, 0.05) is 18.6 Å². The first-order valence-corrected chi connectivity index (χ1v) is 8.04. The second-order valence-electron chi connectivity index (χ2n) is 5.60. The lowest BCUT2D eigenvalue weighted by Gasteiger charge is -2.28. The number of aromatic nitrogens is 3. The van der Waals surface area contributed by atoms with Crippen molar-refractivity contribution in [2.24, 2.45) is 0 Å². The van der Waals surface area contributed by atoms with Gasteiger partial charge in [0.05, 0.1) is 5.69 Å². The van der Waals surface area contributed by atoms with E-state index in [1.807, 2.05) is 12.1 Å². The molecule has 0 radical (unpaired) electrons. The number of carbonyl (C=O) groups excluding carboxylic acids is 1. The average molecular weight is 349 g/mol. The average Bonchev–Trinajstić information content (AvgIpc) is 3.41. The van der Waals surface area contributed by atoms with E-state index in [0.29, 0.717) is 23.1 Å². The Morgan fingerprint density at radius 3 is 1.58 bits per heavy atom. The summed E-state index contributed by atoms with van der Waals surface area (Å²) in [5.74, 6) is 1.43. The molecule has 2 amide bonds. The highest BCUT2D eigenvalue weighted by molar-refractivity contribution is 6.11. The van der Waals surface area contributed by atoms with Crippen molar-refractivity contribution in [3.8, 4) is 0 Å². The Morgan fingerprint density at radius 1 is 0.692 bits per heavy atom. The normalized spacial score (nSPS) is 10.7. The minimum absolute atomic E-state index is 0.330. The number of anilines is 4. The van der Waals surface area contributed by atoms with E-state index in [9.17, 15) is 9.18 Å². The first kappa shape index (κ1) is 15.8. The van der Waals surface area contributed by atoms with Gasteiger partial charge in [-0.15, -0.1) is 0 Å². The number of nitrogens with zero attached hydrogens (tertiary/aromatic N) is 2. The molecule has 0 atom stereocenters. The summed E-state index contributed by atoms with van der Waals surface area (Å²) in [5.41, 5.74) is 0.543. The van der Waals surface area contributed by atoms with Crippen molar-refractivity contribution in [1.82, 2.24) is 15.0 Å². The summed E-state index contributed by atoms with van der Waals surface area (Å²) < 4.78 is 13.4. The quantitative estimate of drug-likeness (QED) is 0.481. The molecule has 7 heteroatoms. The Balaban J connectivity index is 1.81. The Bertz CT molecular complexity index is 926. The number of amides is 2. The maximum absolute atomic E-state index is 13.5. The third-order valence-electron chi connectivity index (χ3n) is 3.93. The van der Waals surface area contributed by atoms with Crippen molar-refractivity contribution in [1.29, 1.82) is 0 Å². The summed E-state index contributed by atoms with van der Waals surface area (Å²) in [5, 5.41) is 0. The molecule has 0 saturated carbocycles. The molecule has 0 unspecified atom stereocenters. The van der Waals surface area contributed by atoms with E-state index in [4.69, 9.17) is 0 Å². The van der Waals surface area contributed by atoms with E-state index < -0.39 is 0 Å². The van der Waals surface area contributed by atoms with Gasteiger partial charge in [0.1, 0.15) is 23.3 Å². The molecule has 0 bridgehead atoms. The van der Waals surface area contributed by atoms with Crippen molar-refractivity contribution < 1.29 is 9.18 Å². The maximum Gasteiger partial charge on any atom is 0.341 e.